The fourth-order valence-electron chi connectivity index (χ4n) is 2.98. The van der Waals surface area contributed by atoms with Crippen molar-refractivity contribution in [3.63, 3.8) is 0 Å². The predicted molar refractivity (Wildman–Crippen MR) is 111 cm³/mol. The molecular weight excluding hydrogens is 334 g/mol. The number of aromatic nitrogens is 2. The Hall–Kier alpha value is -3.08. The van der Waals surface area contributed by atoms with Crippen molar-refractivity contribution >= 4 is 5.96 Å². The summed E-state index contributed by atoms with van der Waals surface area (Å²) in [7, 11) is 1.80. The number of benzene rings is 2. The van der Waals surface area contributed by atoms with Crippen molar-refractivity contribution < 1.29 is 0 Å². The van der Waals surface area contributed by atoms with E-state index in [2.05, 4.69) is 73.7 Å². The van der Waals surface area contributed by atoms with Gasteiger partial charge in [-0.05, 0) is 17.5 Å². The predicted octanol–water partition coefficient (Wildman–Crippen LogP) is 2.88. The van der Waals surface area contributed by atoms with Crippen LogP contribution in [0.2, 0.25) is 0 Å². The summed E-state index contributed by atoms with van der Waals surface area (Å²) >= 11 is 0. The van der Waals surface area contributed by atoms with Gasteiger partial charge >= 0.3 is 0 Å². The van der Waals surface area contributed by atoms with Gasteiger partial charge in [-0.15, -0.1) is 0 Å². The molecule has 0 radical (unpaired) electrons. The summed E-state index contributed by atoms with van der Waals surface area (Å²) in [5.41, 5.74) is 2.60. The van der Waals surface area contributed by atoms with E-state index >= 15 is 0 Å². The lowest BCUT2D eigenvalue weighted by Crippen LogP contribution is -2.39. The first-order chi connectivity index (χ1) is 13.3. The van der Waals surface area contributed by atoms with Crippen LogP contribution in [-0.2, 0) is 19.4 Å². The van der Waals surface area contributed by atoms with Crippen LogP contribution in [0.15, 0.2) is 78.0 Å². The van der Waals surface area contributed by atoms with Gasteiger partial charge in [0.25, 0.3) is 0 Å². The SMILES string of the molecule is CN=C(NCCc1ccccc1)NCCc1nccn1Cc1ccccc1. The number of hydrogen-bond donors (Lipinski definition) is 2. The van der Waals surface area contributed by atoms with Gasteiger partial charge in [-0.25, -0.2) is 4.98 Å². The maximum absolute atomic E-state index is 4.50. The molecule has 3 rings (SSSR count). The smallest absolute Gasteiger partial charge is 0.191 e. The maximum atomic E-state index is 4.50. The van der Waals surface area contributed by atoms with Crippen molar-refractivity contribution in [1.82, 2.24) is 20.2 Å². The number of hydrogen-bond acceptors (Lipinski definition) is 2. The Morgan fingerprint density at radius 1 is 0.889 bits per heavy atom. The molecule has 0 fully saturated rings. The molecule has 5 heteroatoms. The topological polar surface area (TPSA) is 54.2 Å². The van der Waals surface area contributed by atoms with Crippen LogP contribution in [0.25, 0.3) is 0 Å². The molecule has 0 saturated carbocycles. The molecule has 2 aromatic carbocycles. The van der Waals surface area contributed by atoms with Crippen LogP contribution in [0.1, 0.15) is 17.0 Å². The number of imidazole rings is 1. The van der Waals surface area contributed by atoms with Gasteiger partial charge in [0.1, 0.15) is 5.82 Å². The van der Waals surface area contributed by atoms with E-state index in [0.717, 1.165) is 44.3 Å². The Balaban J connectivity index is 1.43. The van der Waals surface area contributed by atoms with Gasteiger partial charge in [-0.3, -0.25) is 4.99 Å². The Morgan fingerprint density at radius 2 is 1.52 bits per heavy atom. The van der Waals surface area contributed by atoms with Crippen molar-refractivity contribution in [1.29, 1.82) is 0 Å². The lowest BCUT2D eigenvalue weighted by Gasteiger charge is -2.12. The van der Waals surface area contributed by atoms with Gasteiger partial charge in [0.15, 0.2) is 5.96 Å². The lowest BCUT2D eigenvalue weighted by molar-refractivity contribution is 0.693. The molecule has 27 heavy (non-hydrogen) atoms. The summed E-state index contributed by atoms with van der Waals surface area (Å²) in [6, 6.07) is 20.9. The minimum absolute atomic E-state index is 0.789. The Kier molecular flexibility index (Phi) is 7.04. The molecule has 0 spiro atoms. The summed E-state index contributed by atoms with van der Waals surface area (Å²) < 4.78 is 2.20. The second-order valence-corrected chi connectivity index (χ2v) is 6.37. The number of guanidine groups is 1. The lowest BCUT2D eigenvalue weighted by atomic mass is 10.1. The highest BCUT2D eigenvalue weighted by Gasteiger charge is 2.04. The van der Waals surface area contributed by atoms with Crippen molar-refractivity contribution in [3.05, 3.63) is 90.0 Å². The van der Waals surface area contributed by atoms with E-state index in [1.807, 2.05) is 24.5 Å². The molecule has 0 unspecified atom stereocenters. The van der Waals surface area contributed by atoms with Crippen molar-refractivity contribution in [2.45, 2.75) is 19.4 Å². The van der Waals surface area contributed by atoms with E-state index in [0.29, 0.717) is 0 Å². The van der Waals surface area contributed by atoms with Gasteiger partial charge in [0.05, 0.1) is 0 Å². The van der Waals surface area contributed by atoms with Crippen LogP contribution in [-0.4, -0.2) is 35.6 Å². The summed E-state index contributed by atoms with van der Waals surface area (Å²) in [6.45, 7) is 2.49. The quantitative estimate of drug-likeness (QED) is 0.479. The van der Waals surface area contributed by atoms with E-state index in [-0.39, 0.29) is 0 Å². The molecule has 140 valence electrons. The van der Waals surface area contributed by atoms with Crippen LogP contribution < -0.4 is 10.6 Å². The van der Waals surface area contributed by atoms with Gasteiger partial charge in [0.2, 0.25) is 0 Å². The first-order valence-corrected chi connectivity index (χ1v) is 9.37. The molecule has 0 aliphatic carbocycles. The second-order valence-electron chi connectivity index (χ2n) is 6.37. The van der Waals surface area contributed by atoms with Crippen LogP contribution in [0.3, 0.4) is 0 Å². The highest BCUT2D eigenvalue weighted by molar-refractivity contribution is 5.79. The highest BCUT2D eigenvalue weighted by Crippen LogP contribution is 2.05. The highest BCUT2D eigenvalue weighted by atomic mass is 15.2. The molecule has 0 atom stereocenters. The van der Waals surface area contributed by atoms with Crippen molar-refractivity contribution in [2.24, 2.45) is 4.99 Å². The number of rotatable bonds is 8. The van der Waals surface area contributed by atoms with E-state index in [4.69, 9.17) is 0 Å². The van der Waals surface area contributed by atoms with Crippen LogP contribution in [0, 0.1) is 0 Å². The molecule has 1 heterocycles. The Bertz CT molecular complexity index is 824. The minimum Gasteiger partial charge on any atom is -0.356 e. The molecular formula is C22H27N5. The molecule has 0 aliphatic rings. The molecule has 5 nitrogen and oxygen atoms in total. The van der Waals surface area contributed by atoms with Crippen LogP contribution in [0.4, 0.5) is 0 Å². The number of nitrogens with one attached hydrogen (secondary N) is 2. The zero-order chi connectivity index (χ0) is 18.7. The molecule has 2 N–H and O–H groups in total. The third-order valence-electron chi connectivity index (χ3n) is 4.41. The third-order valence-corrected chi connectivity index (χ3v) is 4.41. The van der Waals surface area contributed by atoms with Gasteiger partial charge in [-0.1, -0.05) is 60.7 Å². The zero-order valence-corrected chi connectivity index (χ0v) is 15.8. The summed E-state index contributed by atoms with van der Waals surface area (Å²) in [5.74, 6) is 1.90. The molecule has 0 bridgehead atoms. The average molecular weight is 361 g/mol. The van der Waals surface area contributed by atoms with Gasteiger partial charge in [0, 0.05) is 45.5 Å². The standard InChI is InChI=1S/C22H27N5/c1-23-22(25-14-12-19-8-4-2-5-9-19)26-15-13-21-24-16-17-27(21)18-20-10-6-3-7-11-20/h2-11,16-17H,12-15,18H2,1H3,(H2,23,25,26). The van der Waals surface area contributed by atoms with Gasteiger partial charge < -0.3 is 15.2 Å². The summed E-state index contributed by atoms with van der Waals surface area (Å²) in [5, 5.41) is 6.73. The second kappa shape index (κ2) is 10.2. The maximum Gasteiger partial charge on any atom is 0.191 e. The third kappa shape index (κ3) is 5.99. The van der Waals surface area contributed by atoms with E-state index in [1.165, 1.54) is 11.1 Å². The number of nitrogens with zero attached hydrogens (tertiary/aromatic N) is 3. The molecule has 0 saturated heterocycles. The Morgan fingerprint density at radius 3 is 2.19 bits per heavy atom. The Labute approximate surface area is 161 Å². The van der Waals surface area contributed by atoms with Crippen LogP contribution >= 0.6 is 0 Å². The average Bonchev–Trinajstić information content (AvgIpc) is 3.15. The summed E-state index contributed by atoms with van der Waals surface area (Å²) in [6.07, 6.45) is 5.72. The summed E-state index contributed by atoms with van der Waals surface area (Å²) in [4.78, 5) is 8.80. The van der Waals surface area contributed by atoms with E-state index in [9.17, 15) is 0 Å². The van der Waals surface area contributed by atoms with Crippen molar-refractivity contribution in [3.8, 4) is 0 Å². The molecule has 3 aromatic rings. The van der Waals surface area contributed by atoms with E-state index in [1.54, 1.807) is 7.05 Å². The molecule has 0 amide bonds. The minimum atomic E-state index is 0.789. The normalized spacial score (nSPS) is 11.4. The monoisotopic (exact) mass is 361 g/mol. The first kappa shape index (κ1) is 18.7. The number of aliphatic imine (C=N–C) groups is 1. The fourth-order valence-corrected chi connectivity index (χ4v) is 2.98. The van der Waals surface area contributed by atoms with Crippen molar-refractivity contribution in [2.75, 3.05) is 20.1 Å². The largest absolute Gasteiger partial charge is 0.356 e. The van der Waals surface area contributed by atoms with Crippen LogP contribution in [0.5, 0.6) is 0 Å². The first-order valence-electron chi connectivity index (χ1n) is 9.37. The fraction of sp³-hybridized carbons (Fsp3) is 0.273. The molecule has 1 aromatic heterocycles. The van der Waals surface area contributed by atoms with Gasteiger partial charge in [-0.2, -0.15) is 0 Å². The molecule has 0 aliphatic heterocycles. The van der Waals surface area contributed by atoms with E-state index < -0.39 is 0 Å². The zero-order valence-electron chi connectivity index (χ0n) is 15.8.